The highest BCUT2D eigenvalue weighted by molar-refractivity contribution is 5.40. The largest absolute Gasteiger partial charge is 0.432 e. The van der Waals surface area contributed by atoms with Gasteiger partial charge in [0.1, 0.15) is 11.6 Å². The highest BCUT2D eigenvalue weighted by Gasteiger charge is 2.23. The molecule has 2 aromatic rings. The van der Waals surface area contributed by atoms with Gasteiger partial charge in [0.2, 0.25) is 0 Å². The second kappa shape index (κ2) is 9.97. The smallest absolute Gasteiger partial charge is 0.387 e. The average Bonchev–Trinajstić information content (AvgIpc) is 2.69. The van der Waals surface area contributed by atoms with Crippen molar-refractivity contribution in [3.8, 4) is 17.6 Å². The van der Waals surface area contributed by atoms with Gasteiger partial charge in [0.05, 0.1) is 5.56 Å². The normalized spacial score (nSPS) is 18.8. The van der Waals surface area contributed by atoms with Crippen LogP contribution in [0.5, 0.6) is 5.75 Å². The molecule has 0 unspecified atom stereocenters. The molecule has 0 aliphatic heterocycles. The number of aryl methyl sites for hydroxylation is 1. The van der Waals surface area contributed by atoms with Gasteiger partial charge in [-0.2, -0.15) is 8.78 Å². The lowest BCUT2D eigenvalue weighted by Crippen LogP contribution is -2.12. The summed E-state index contributed by atoms with van der Waals surface area (Å²) in [5.41, 5.74) is 1.15. The van der Waals surface area contributed by atoms with Crippen LogP contribution < -0.4 is 4.74 Å². The minimum Gasteiger partial charge on any atom is -0.432 e. The molecule has 160 valence electrons. The average molecular weight is 422 g/mol. The Hall–Kier alpha value is -2.55. The Kier molecular flexibility index (Phi) is 7.36. The maximum Gasteiger partial charge on any atom is 0.387 e. The van der Waals surface area contributed by atoms with E-state index in [4.69, 9.17) is 0 Å². The standard InChI is InChI=1S/C24H23F5O/c1-2-3-16-12-20(25)19(21(26)13-16)10-6-15-4-7-17(8-5-15)18-9-11-23(22(27)14-18)30-24(28)29/h9,11-15,17,24H,2-5,7-8H2,1H3. The third-order valence-electron chi connectivity index (χ3n) is 5.41. The highest BCUT2D eigenvalue weighted by atomic mass is 19.3. The van der Waals surface area contributed by atoms with Crippen LogP contribution in [-0.2, 0) is 6.42 Å². The van der Waals surface area contributed by atoms with Gasteiger partial charge in [0.15, 0.2) is 11.6 Å². The Balaban J connectivity index is 1.63. The van der Waals surface area contributed by atoms with E-state index in [0.29, 0.717) is 24.8 Å². The molecule has 0 atom stereocenters. The number of alkyl halides is 2. The Morgan fingerprint density at radius 3 is 2.20 bits per heavy atom. The van der Waals surface area contributed by atoms with Crippen LogP contribution in [-0.4, -0.2) is 6.61 Å². The van der Waals surface area contributed by atoms with Crippen molar-refractivity contribution in [1.29, 1.82) is 0 Å². The first-order chi connectivity index (χ1) is 14.4. The van der Waals surface area contributed by atoms with E-state index in [1.165, 1.54) is 24.3 Å². The molecule has 2 aromatic carbocycles. The molecule has 1 nitrogen and oxygen atoms in total. The monoisotopic (exact) mass is 422 g/mol. The van der Waals surface area contributed by atoms with Gasteiger partial charge < -0.3 is 4.74 Å². The van der Waals surface area contributed by atoms with Gasteiger partial charge in [-0.25, -0.2) is 13.2 Å². The molecule has 1 saturated carbocycles. The van der Waals surface area contributed by atoms with Gasteiger partial charge in [-0.3, -0.25) is 0 Å². The molecule has 0 N–H and O–H groups in total. The molecule has 0 bridgehead atoms. The van der Waals surface area contributed by atoms with Crippen molar-refractivity contribution >= 4 is 0 Å². The summed E-state index contributed by atoms with van der Waals surface area (Å²) in [6, 6.07) is 6.72. The van der Waals surface area contributed by atoms with E-state index in [1.54, 1.807) is 6.07 Å². The minimum atomic E-state index is -3.07. The van der Waals surface area contributed by atoms with Crippen LogP contribution in [0, 0.1) is 35.2 Å². The van der Waals surface area contributed by atoms with E-state index in [-0.39, 0.29) is 17.4 Å². The fraction of sp³-hybridized carbons (Fsp3) is 0.417. The number of rotatable bonds is 5. The Labute approximate surface area is 173 Å². The van der Waals surface area contributed by atoms with Crippen molar-refractivity contribution in [3.63, 3.8) is 0 Å². The summed E-state index contributed by atoms with van der Waals surface area (Å²) in [5, 5.41) is 0. The maximum absolute atomic E-state index is 14.2. The summed E-state index contributed by atoms with van der Waals surface area (Å²) in [4.78, 5) is 0. The molecular formula is C24H23F5O. The molecule has 0 amide bonds. The first-order valence-corrected chi connectivity index (χ1v) is 10.1. The first-order valence-electron chi connectivity index (χ1n) is 10.1. The van der Waals surface area contributed by atoms with Gasteiger partial charge >= 0.3 is 6.61 Å². The van der Waals surface area contributed by atoms with Crippen LogP contribution in [0.25, 0.3) is 0 Å². The molecule has 0 aromatic heterocycles. The maximum atomic E-state index is 14.2. The molecule has 0 saturated heterocycles. The minimum absolute atomic E-state index is 0.00153. The SMILES string of the molecule is CCCc1cc(F)c(C#CC2CCC(c3ccc(OC(F)F)c(F)c3)CC2)c(F)c1. The lowest BCUT2D eigenvalue weighted by Gasteiger charge is -2.26. The van der Waals surface area contributed by atoms with E-state index < -0.39 is 29.8 Å². The van der Waals surface area contributed by atoms with Crippen molar-refractivity contribution in [2.45, 2.75) is 58.0 Å². The van der Waals surface area contributed by atoms with Crippen molar-refractivity contribution in [3.05, 3.63) is 64.5 Å². The number of hydrogen-bond donors (Lipinski definition) is 0. The number of hydrogen-bond acceptors (Lipinski definition) is 1. The van der Waals surface area contributed by atoms with Gasteiger partial charge in [0, 0.05) is 5.92 Å². The molecule has 1 aliphatic carbocycles. The molecule has 0 radical (unpaired) electrons. The number of benzene rings is 2. The van der Waals surface area contributed by atoms with Crippen LogP contribution >= 0.6 is 0 Å². The predicted octanol–water partition coefficient (Wildman–Crippen LogP) is 6.98. The Morgan fingerprint density at radius 2 is 1.63 bits per heavy atom. The molecule has 1 fully saturated rings. The quantitative estimate of drug-likeness (QED) is 0.373. The molecular weight excluding hydrogens is 399 g/mol. The zero-order valence-corrected chi connectivity index (χ0v) is 16.7. The first kappa shape index (κ1) is 22.1. The third kappa shape index (κ3) is 5.53. The number of halogens is 5. The lowest BCUT2D eigenvalue weighted by atomic mass is 9.79. The third-order valence-corrected chi connectivity index (χ3v) is 5.41. The summed E-state index contributed by atoms with van der Waals surface area (Å²) in [5.74, 6) is 3.17. The summed E-state index contributed by atoms with van der Waals surface area (Å²) >= 11 is 0. The van der Waals surface area contributed by atoms with Gasteiger partial charge in [-0.05, 0) is 73.4 Å². The summed E-state index contributed by atoms with van der Waals surface area (Å²) in [6.45, 7) is -1.13. The Morgan fingerprint density at radius 1 is 0.967 bits per heavy atom. The van der Waals surface area contributed by atoms with Crippen molar-refractivity contribution in [2.24, 2.45) is 5.92 Å². The summed E-state index contributed by atoms with van der Waals surface area (Å²) < 4.78 is 71.0. The van der Waals surface area contributed by atoms with Gasteiger partial charge in [-0.15, -0.1) is 0 Å². The zero-order chi connectivity index (χ0) is 21.7. The van der Waals surface area contributed by atoms with E-state index in [2.05, 4.69) is 16.6 Å². The van der Waals surface area contributed by atoms with Crippen LogP contribution in [0.15, 0.2) is 30.3 Å². The van der Waals surface area contributed by atoms with E-state index >= 15 is 0 Å². The van der Waals surface area contributed by atoms with Crippen LogP contribution in [0.1, 0.15) is 61.6 Å². The van der Waals surface area contributed by atoms with E-state index in [0.717, 1.165) is 24.8 Å². The molecule has 0 heterocycles. The molecule has 3 rings (SSSR count). The predicted molar refractivity (Wildman–Crippen MR) is 105 cm³/mol. The fourth-order valence-electron chi connectivity index (χ4n) is 3.89. The molecule has 0 spiro atoms. The number of ether oxygens (including phenoxy) is 1. The van der Waals surface area contributed by atoms with Gasteiger partial charge in [-0.1, -0.05) is 31.3 Å². The second-order valence-electron chi connectivity index (χ2n) is 7.57. The topological polar surface area (TPSA) is 9.23 Å². The summed E-state index contributed by atoms with van der Waals surface area (Å²) in [6.07, 6.45) is 4.31. The van der Waals surface area contributed by atoms with Gasteiger partial charge in [0.25, 0.3) is 0 Å². The van der Waals surface area contributed by atoms with Crippen molar-refractivity contribution in [2.75, 3.05) is 0 Å². The van der Waals surface area contributed by atoms with Crippen molar-refractivity contribution < 1.29 is 26.7 Å². The van der Waals surface area contributed by atoms with Crippen LogP contribution in [0.3, 0.4) is 0 Å². The van der Waals surface area contributed by atoms with E-state index in [1.807, 2.05) is 6.92 Å². The molecule has 6 heteroatoms. The Bertz CT molecular complexity index is 913. The van der Waals surface area contributed by atoms with Crippen molar-refractivity contribution in [1.82, 2.24) is 0 Å². The van der Waals surface area contributed by atoms with Crippen LogP contribution in [0.4, 0.5) is 22.0 Å². The second-order valence-corrected chi connectivity index (χ2v) is 7.57. The highest BCUT2D eigenvalue weighted by Crippen LogP contribution is 2.37. The fourth-order valence-corrected chi connectivity index (χ4v) is 3.89. The molecule has 30 heavy (non-hydrogen) atoms. The lowest BCUT2D eigenvalue weighted by molar-refractivity contribution is -0.0522. The summed E-state index contributed by atoms with van der Waals surface area (Å²) in [7, 11) is 0. The van der Waals surface area contributed by atoms with Crippen LogP contribution in [0.2, 0.25) is 0 Å². The zero-order valence-electron chi connectivity index (χ0n) is 16.7. The van der Waals surface area contributed by atoms with E-state index in [9.17, 15) is 22.0 Å². The molecule has 1 aliphatic rings.